The van der Waals surface area contributed by atoms with Crippen molar-refractivity contribution in [3.8, 4) is 11.5 Å². The average molecular weight is 659 g/mol. The van der Waals surface area contributed by atoms with E-state index in [1.807, 2.05) is 68.4 Å². The molecule has 4 rings (SSSR count). The monoisotopic (exact) mass is 657 g/mol. The van der Waals surface area contributed by atoms with Crippen molar-refractivity contribution in [3.05, 3.63) is 88.4 Å². The van der Waals surface area contributed by atoms with E-state index in [1.54, 1.807) is 18.2 Å². The van der Waals surface area contributed by atoms with Crippen molar-refractivity contribution in [1.82, 2.24) is 10.2 Å². The van der Waals surface area contributed by atoms with E-state index in [0.29, 0.717) is 24.7 Å². The lowest BCUT2D eigenvalue weighted by atomic mass is 10.0. The van der Waals surface area contributed by atoms with E-state index >= 15 is 0 Å². The van der Waals surface area contributed by atoms with Crippen LogP contribution >= 0.6 is 15.9 Å². The van der Waals surface area contributed by atoms with Gasteiger partial charge in [0, 0.05) is 29.5 Å². The lowest BCUT2D eigenvalue weighted by Crippen LogP contribution is -2.54. The molecule has 0 saturated carbocycles. The maximum absolute atomic E-state index is 14.3. The van der Waals surface area contributed by atoms with Gasteiger partial charge in [0.15, 0.2) is 11.5 Å². The first-order chi connectivity index (χ1) is 20.1. The van der Waals surface area contributed by atoms with Crippen LogP contribution in [0.2, 0.25) is 0 Å². The zero-order valence-electron chi connectivity index (χ0n) is 24.0. The first-order valence-corrected chi connectivity index (χ1v) is 16.3. The third-order valence-corrected chi connectivity index (χ3v) is 8.97. The minimum Gasteiger partial charge on any atom is -0.486 e. The molecule has 1 atom stereocenters. The Hall–Kier alpha value is -3.57. The molecule has 3 aromatic rings. The maximum Gasteiger partial charge on any atom is 0.244 e. The standard InChI is InChI=1S/C31H36BrN3O6S/c1-4-42(38,39)35(26-13-14-28-29(19-26)41-16-15-40-28)21-30(36)34(20-24-11-8-12-25(32)17-24)27(31(37)33-22(2)3)18-23-9-6-5-7-10-23/h5-14,17,19,22,27H,4,15-16,18,20-21H2,1-3H3,(H,33,37)/t27-/m0/s1. The van der Waals surface area contributed by atoms with Crippen molar-refractivity contribution in [3.63, 3.8) is 0 Å². The van der Waals surface area contributed by atoms with Crippen molar-refractivity contribution < 1.29 is 27.5 Å². The maximum atomic E-state index is 14.3. The first-order valence-electron chi connectivity index (χ1n) is 13.9. The van der Waals surface area contributed by atoms with Gasteiger partial charge in [-0.2, -0.15) is 0 Å². The van der Waals surface area contributed by atoms with Gasteiger partial charge in [-0.25, -0.2) is 8.42 Å². The number of ether oxygens (including phenoxy) is 2. The Kier molecular flexibility index (Phi) is 10.5. The minimum atomic E-state index is -3.89. The molecule has 42 heavy (non-hydrogen) atoms. The third-order valence-electron chi connectivity index (χ3n) is 6.74. The SMILES string of the molecule is CCS(=O)(=O)N(CC(=O)N(Cc1cccc(Br)c1)[C@@H](Cc1ccccc1)C(=O)NC(C)C)c1ccc2c(c1)OCCO2. The highest BCUT2D eigenvalue weighted by Crippen LogP contribution is 2.35. The lowest BCUT2D eigenvalue weighted by Gasteiger charge is -2.34. The predicted octanol–water partition coefficient (Wildman–Crippen LogP) is 4.54. The Morgan fingerprint density at radius 1 is 0.929 bits per heavy atom. The molecule has 1 heterocycles. The Balaban J connectivity index is 1.75. The average Bonchev–Trinajstić information content (AvgIpc) is 2.97. The second-order valence-corrected chi connectivity index (χ2v) is 13.4. The third kappa shape index (κ3) is 8.04. The van der Waals surface area contributed by atoms with Crippen LogP contribution in [0.4, 0.5) is 5.69 Å². The number of nitrogens with one attached hydrogen (secondary N) is 1. The minimum absolute atomic E-state index is 0.0996. The fourth-order valence-corrected chi connectivity index (χ4v) is 6.17. The highest BCUT2D eigenvalue weighted by Gasteiger charge is 2.34. The van der Waals surface area contributed by atoms with Crippen LogP contribution in [0.5, 0.6) is 11.5 Å². The molecule has 0 saturated heterocycles. The van der Waals surface area contributed by atoms with Crippen molar-refractivity contribution >= 4 is 43.5 Å². The van der Waals surface area contributed by atoms with Gasteiger partial charge in [-0.1, -0.05) is 58.4 Å². The number of halogens is 1. The molecule has 0 radical (unpaired) electrons. The Labute approximate surface area is 256 Å². The zero-order valence-corrected chi connectivity index (χ0v) is 26.4. The van der Waals surface area contributed by atoms with Crippen LogP contribution in [0.3, 0.4) is 0 Å². The molecule has 11 heteroatoms. The number of fused-ring (bicyclic) bond motifs is 1. The molecular weight excluding hydrogens is 622 g/mol. The molecule has 1 aliphatic rings. The summed E-state index contributed by atoms with van der Waals surface area (Å²) in [7, 11) is -3.89. The summed E-state index contributed by atoms with van der Waals surface area (Å²) in [4.78, 5) is 29.4. The van der Waals surface area contributed by atoms with Crippen LogP contribution in [0.15, 0.2) is 77.3 Å². The molecule has 0 spiro atoms. The summed E-state index contributed by atoms with van der Waals surface area (Å²) < 4.78 is 39.9. The van der Waals surface area contributed by atoms with Crippen LogP contribution < -0.4 is 19.1 Å². The number of anilines is 1. The predicted molar refractivity (Wildman–Crippen MR) is 166 cm³/mol. The van der Waals surface area contributed by atoms with Crippen molar-refractivity contribution in [2.45, 2.75) is 45.8 Å². The van der Waals surface area contributed by atoms with E-state index in [9.17, 15) is 18.0 Å². The molecule has 0 aliphatic carbocycles. The van der Waals surface area contributed by atoms with Crippen molar-refractivity contribution in [2.75, 3.05) is 29.8 Å². The summed E-state index contributed by atoms with van der Waals surface area (Å²) in [5.74, 6) is -0.133. The molecule has 0 bridgehead atoms. The van der Waals surface area contributed by atoms with Crippen LogP contribution in [0, 0.1) is 0 Å². The highest BCUT2D eigenvalue weighted by molar-refractivity contribution is 9.10. The number of nitrogens with zero attached hydrogens (tertiary/aromatic N) is 2. The van der Waals surface area contributed by atoms with Gasteiger partial charge in [-0.3, -0.25) is 13.9 Å². The second-order valence-electron chi connectivity index (χ2n) is 10.3. The van der Waals surface area contributed by atoms with Crippen LogP contribution in [-0.2, 0) is 32.6 Å². The Bertz CT molecular complexity index is 1500. The van der Waals surface area contributed by atoms with E-state index in [-0.39, 0.29) is 36.4 Å². The van der Waals surface area contributed by atoms with E-state index in [1.165, 1.54) is 11.8 Å². The molecule has 0 unspecified atom stereocenters. The first kappa shape index (κ1) is 31.4. The summed E-state index contributed by atoms with van der Waals surface area (Å²) in [5, 5.41) is 2.95. The van der Waals surface area contributed by atoms with E-state index < -0.39 is 28.5 Å². The van der Waals surface area contributed by atoms with Gasteiger partial charge in [0.2, 0.25) is 21.8 Å². The van der Waals surface area contributed by atoms with Gasteiger partial charge in [-0.15, -0.1) is 0 Å². The van der Waals surface area contributed by atoms with Gasteiger partial charge in [0.05, 0.1) is 11.4 Å². The van der Waals surface area contributed by atoms with E-state index in [4.69, 9.17) is 9.47 Å². The van der Waals surface area contributed by atoms with E-state index in [2.05, 4.69) is 21.2 Å². The quantitative estimate of drug-likeness (QED) is 0.307. The highest BCUT2D eigenvalue weighted by atomic mass is 79.9. The van der Waals surface area contributed by atoms with Crippen molar-refractivity contribution in [2.24, 2.45) is 0 Å². The summed E-state index contributed by atoms with van der Waals surface area (Å²) in [6.45, 7) is 5.58. The number of hydrogen-bond donors (Lipinski definition) is 1. The Morgan fingerprint density at radius 3 is 2.29 bits per heavy atom. The lowest BCUT2D eigenvalue weighted by molar-refractivity contribution is -0.140. The smallest absolute Gasteiger partial charge is 0.244 e. The summed E-state index contributed by atoms with van der Waals surface area (Å²) in [6, 6.07) is 20.7. The van der Waals surface area contributed by atoms with Crippen LogP contribution in [0.25, 0.3) is 0 Å². The molecule has 224 valence electrons. The van der Waals surface area contributed by atoms with Crippen LogP contribution in [0.1, 0.15) is 31.9 Å². The molecule has 1 N–H and O–H groups in total. The van der Waals surface area contributed by atoms with Gasteiger partial charge in [0.25, 0.3) is 0 Å². The van der Waals surface area contributed by atoms with Crippen LogP contribution in [-0.4, -0.2) is 62.7 Å². The molecule has 3 aromatic carbocycles. The molecular formula is C31H36BrN3O6S. The number of rotatable bonds is 12. The summed E-state index contributed by atoms with van der Waals surface area (Å²) in [6.07, 6.45) is 0.254. The molecule has 2 amide bonds. The molecule has 0 aromatic heterocycles. The van der Waals surface area contributed by atoms with Gasteiger partial charge in [-0.05, 0) is 56.2 Å². The van der Waals surface area contributed by atoms with E-state index in [0.717, 1.165) is 19.9 Å². The zero-order chi connectivity index (χ0) is 30.3. The normalized spacial score (nSPS) is 13.4. The molecule has 9 nitrogen and oxygen atoms in total. The number of amides is 2. The van der Waals surface area contributed by atoms with Gasteiger partial charge < -0.3 is 19.7 Å². The van der Waals surface area contributed by atoms with Gasteiger partial charge in [0.1, 0.15) is 25.8 Å². The number of sulfonamides is 1. The number of hydrogen-bond acceptors (Lipinski definition) is 6. The molecule has 0 fully saturated rings. The van der Waals surface area contributed by atoms with Crippen molar-refractivity contribution in [1.29, 1.82) is 0 Å². The topological polar surface area (TPSA) is 105 Å². The second kappa shape index (κ2) is 14.1. The fourth-order valence-electron chi connectivity index (χ4n) is 4.67. The fraction of sp³-hybridized carbons (Fsp3) is 0.355. The number of carbonyl (C=O) groups is 2. The summed E-state index contributed by atoms with van der Waals surface area (Å²) >= 11 is 3.49. The van der Waals surface area contributed by atoms with Gasteiger partial charge >= 0.3 is 0 Å². The largest absolute Gasteiger partial charge is 0.486 e. The Morgan fingerprint density at radius 2 is 1.62 bits per heavy atom. The number of carbonyl (C=O) groups excluding carboxylic acids is 2. The summed E-state index contributed by atoms with van der Waals surface area (Å²) in [5.41, 5.74) is 1.94. The molecule has 1 aliphatic heterocycles. The number of benzene rings is 3.